The first-order chi connectivity index (χ1) is 13.9. The van der Waals surface area contributed by atoms with Crippen molar-refractivity contribution in [1.29, 1.82) is 0 Å². The molecule has 0 aliphatic carbocycles. The first-order valence-corrected chi connectivity index (χ1v) is 9.52. The van der Waals surface area contributed by atoms with Gasteiger partial charge < -0.3 is 9.47 Å². The maximum atomic E-state index is 13.2. The third kappa shape index (κ3) is 3.76. The van der Waals surface area contributed by atoms with E-state index in [1.165, 1.54) is 12.1 Å². The molecule has 0 aromatic heterocycles. The standard InChI is InChI=1S/C24H18ClFO3/c1-14-5-3-4-6-16(14)11-22-23(27)19-9-10-21(15(2)24(19)29-22)28-13-17-7-8-18(26)12-20(17)25/h3-12H,13H2,1-2H3/b22-11-. The van der Waals surface area contributed by atoms with Crippen molar-refractivity contribution in [3.63, 3.8) is 0 Å². The maximum Gasteiger partial charge on any atom is 0.231 e. The molecule has 0 bridgehead atoms. The third-order valence-corrected chi connectivity index (χ3v) is 5.26. The van der Waals surface area contributed by atoms with Gasteiger partial charge in [0.15, 0.2) is 5.76 Å². The summed E-state index contributed by atoms with van der Waals surface area (Å²) in [4.78, 5) is 12.7. The Balaban J connectivity index is 1.59. The summed E-state index contributed by atoms with van der Waals surface area (Å²) < 4.78 is 25.0. The number of rotatable bonds is 4. The molecule has 0 saturated heterocycles. The van der Waals surface area contributed by atoms with Gasteiger partial charge in [-0.05, 0) is 55.3 Å². The highest BCUT2D eigenvalue weighted by molar-refractivity contribution is 6.31. The Labute approximate surface area is 173 Å². The lowest BCUT2D eigenvalue weighted by Gasteiger charge is -2.12. The van der Waals surface area contributed by atoms with Crippen LogP contribution in [0.25, 0.3) is 6.08 Å². The summed E-state index contributed by atoms with van der Waals surface area (Å²) in [6, 6.07) is 15.4. The number of aryl methyl sites for hydroxylation is 1. The van der Waals surface area contributed by atoms with Gasteiger partial charge in [0, 0.05) is 11.1 Å². The summed E-state index contributed by atoms with van der Waals surface area (Å²) in [7, 11) is 0. The number of Topliss-reactive ketones (excluding diaryl/α,β-unsaturated/α-hetero) is 1. The van der Waals surface area contributed by atoms with Crippen LogP contribution >= 0.6 is 11.6 Å². The Morgan fingerprint density at radius 1 is 1.10 bits per heavy atom. The summed E-state index contributed by atoms with van der Waals surface area (Å²) in [5.74, 6) is 0.814. The second kappa shape index (κ2) is 7.72. The van der Waals surface area contributed by atoms with Crippen molar-refractivity contribution in [3.8, 4) is 11.5 Å². The molecule has 0 fully saturated rings. The van der Waals surface area contributed by atoms with Gasteiger partial charge in [-0.25, -0.2) is 4.39 Å². The fourth-order valence-electron chi connectivity index (χ4n) is 3.21. The Hall–Kier alpha value is -3.11. The van der Waals surface area contributed by atoms with E-state index >= 15 is 0 Å². The second-order valence-electron chi connectivity index (χ2n) is 6.89. The SMILES string of the molecule is Cc1ccccc1/C=C1\Oc2c(ccc(OCc3ccc(F)cc3Cl)c2C)C1=O. The van der Waals surface area contributed by atoms with Crippen LogP contribution in [-0.4, -0.2) is 5.78 Å². The third-order valence-electron chi connectivity index (χ3n) is 4.91. The fourth-order valence-corrected chi connectivity index (χ4v) is 3.43. The van der Waals surface area contributed by atoms with Gasteiger partial charge in [0.2, 0.25) is 5.78 Å². The van der Waals surface area contributed by atoms with Gasteiger partial charge in [-0.15, -0.1) is 0 Å². The number of halogens is 2. The number of ether oxygens (including phenoxy) is 2. The second-order valence-corrected chi connectivity index (χ2v) is 7.29. The molecular formula is C24H18ClFO3. The quantitative estimate of drug-likeness (QED) is 0.476. The van der Waals surface area contributed by atoms with Crippen LogP contribution in [0.2, 0.25) is 5.02 Å². The van der Waals surface area contributed by atoms with Crippen molar-refractivity contribution in [2.75, 3.05) is 0 Å². The molecule has 3 aromatic carbocycles. The molecule has 146 valence electrons. The van der Waals surface area contributed by atoms with E-state index in [1.807, 2.05) is 38.1 Å². The molecule has 5 heteroatoms. The number of carbonyl (C=O) groups excluding carboxylic acids is 1. The molecule has 29 heavy (non-hydrogen) atoms. The van der Waals surface area contributed by atoms with E-state index in [-0.39, 0.29) is 18.1 Å². The smallest absolute Gasteiger partial charge is 0.231 e. The maximum absolute atomic E-state index is 13.2. The average Bonchev–Trinajstić information content (AvgIpc) is 3.01. The molecule has 1 aliphatic heterocycles. The average molecular weight is 409 g/mol. The van der Waals surface area contributed by atoms with Crippen molar-refractivity contribution < 1.29 is 18.7 Å². The molecule has 1 heterocycles. The van der Waals surface area contributed by atoms with Crippen LogP contribution in [0.4, 0.5) is 4.39 Å². The number of ketones is 1. The van der Waals surface area contributed by atoms with Crippen molar-refractivity contribution in [2.24, 2.45) is 0 Å². The van der Waals surface area contributed by atoms with E-state index < -0.39 is 5.82 Å². The molecule has 0 spiro atoms. The van der Waals surface area contributed by atoms with Crippen LogP contribution in [0.15, 0.2) is 60.4 Å². The van der Waals surface area contributed by atoms with E-state index in [0.717, 1.165) is 16.7 Å². The lowest BCUT2D eigenvalue weighted by Crippen LogP contribution is -1.99. The monoisotopic (exact) mass is 408 g/mol. The van der Waals surface area contributed by atoms with Crippen molar-refractivity contribution in [3.05, 3.63) is 99.0 Å². The Bertz CT molecular complexity index is 1150. The molecule has 0 atom stereocenters. The normalized spacial score (nSPS) is 14.1. The van der Waals surface area contributed by atoms with E-state index in [2.05, 4.69) is 0 Å². The number of benzene rings is 3. The number of allylic oxidation sites excluding steroid dienone is 1. The molecule has 0 N–H and O–H groups in total. The van der Waals surface area contributed by atoms with E-state index in [9.17, 15) is 9.18 Å². The molecule has 3 nitrogen and oxygen atoms in total. The fraction of sp³-hybridized carbons (Fsp3) is 0.125. The Kier molecular flexibility index (Phi) is 5.12. The van der Waals surface area contributed by atoms with Gasteiger partial charge in [0.05, 0.1) is 10.6 Å². The first-order valence-electron chi connectivity index (χ1n) is 9.14. The lowest BCUT2D eigenvalue weighted by molar-refractivity contribution is 0.101. The summed E-state index contributed by atoms with van der Waals surface area (Å²) in [6.07, 6.45) is 1.76. The zero-order valence-corrected chi connectivity index (χ0v) is 16.7. The van der Waals surface area contributed by atoms with Gasteiger partial charge in [-0.1, -0.05) is 41.9 Å². The van der Waals surface area contributed by atoms with Gasteiger partial charge in [0.1, 0.15) is 23.9 Å². The molecule has 1 aliphatic rings. The summed E-state index contributed by atoms with van der Waals surface area (Å²) in [5, 5.41) is 0.304. The minimum absolute atomic E-state index is 0.153. The zero-order chi connectivity index (χ0) is 20.5. The van der Waals surface area contributed by atoms with Crippen LogP contribution in [0.1, 0.15) is 32.6 Å². The first kappa shape index (κ1) is 19.2. The van der Waals surface area contributed by atoms with Crippen LogP contribution in [0.3, 0.4) is 0 Å². The number of carbonyl (C=O) groups is 1. The van der Waals surface area contributed by atoms with E-state index in [1.54, 1.807) is 24.3 Å². The van der Waals surface area contributed by atoms with E-state index in [0.29, 0.717) is 27.6 Å². The topological polar surface area (TPSA) is 35.5 Å². The van der Waals surface area contributed by atoms with Gasteiger partial charge in [-0.2, -0.15) is 0 Å². The molecule has 3 aromatic rings. The number of fused-ring (bicyclic) bond motifs is 1. The molecule has 0 saturated carbocycles. The predicted molar refractivity (Wildman–Crippen MR) is 111 cm³/mol. The van der Waals surface area contributed by atoms with Crippen LogP contribution in [0.5, 0.6) is 11.5 Å². The lowest BCUT2D eigenvalue weighted by atomic mass is 10.0. The minimum atomic E-state index is -0.396. The van der Waals surface area contributed by atoms with Gasteiger partial charge in [0.25, 0.3) is 0 Å². The zero-order valence-electron chi connectivity index (χ0n) is 16.0. The van der Waals surface area contributed by atoms with Crippen molar-refractivity contribution in [1.82, 2.24) is 0 Å². The Morgan fingerprint density at radius 3 is 2.66 bits per heavy atom. The van der Waals surface area contributed by atoms with E-state index in [4.69, 9.17) is 21.1 Å². The van der Waals surface area contributed by atoms with Crippen LogP contribution < -0.4 is 9.47 Å². The highest BCUT2D eigenvalue weighted by Gasteiger charge is 2.30. The Morgan fingerprint density at radius 2 is 1.90 bits per heavy atom. The molecule has 0 unspecified atom stereocenters. The molecule has 0 radical (unpaired) electrons. The molecular weight excluding hydrogens is 391 g/mol. The van der Waals surface area contributed by atoms with Crippen molar-refractivity contribution in [2.45, 2.75) is 20.5 Å². The molecule has 4 rings (SSSR count). The molecule has 0 amide bonds. The van der Waals surface area contributed by atoms with Crippen LogP contribution in [0, 0.1) is 19.7 Å². The number of hydrogen-bond acceptors (Lipinski definition) is 3. The highest BCUT2D eigenvalue weighted by atomic mass is 35.5. The predicted octanol–water partition coefficient (Wildman–Crippen LogP) is 6.29. The highest BCUT2D eigenvalue weighted by Crippen LogP contribution is 2.39. The van der Waals surface area contributed by atoms with Crippen LogP contribution in [-0.2, 0) is 6.61 Å². The van der Waals surface area contributed by atoms with Gasteiger partial charge in [-0.3, -0.25) is 4.79 Å². The summed E-state index contributed by atoms with van der Waals surface area (Å²) in [6.45, 7) is 4.00. The summed E-state index contributed by atoms with van der Waals surface area (Å²) in [5.41, 5.74) is 3.90. The minimum Gasteiger partial charge on any atom is -0.488 e. The van der Waals surface area contributed by atoms with Crippen molar-refractivity contribution >= 4 is 23.5 Å². The van der Waals surface area contributed by atoms with Gasteiger partial charge >= 0.3 is 0 Å². The number of hydrogen-bond donors (Lipinski definition) is 0. The summed E-state index contributed by atoms with van der Waals surface area (Å²) >= 11 is 6.06. The largest absolute Gasteiger partial charge is 0.488 e.